The Labute approximate surface area is 156 Å². The molecule has 0 spiro atoms. The van der Waals surface area contributed by atoms with E-state index in [2.05, 4.69) is 15.1 Å². The summed E-state index contributed by atoms with van der Waals surface area (Å²) in [5.41, 5.74) is 0.746. The summed E-state index contributed by atoms with van der Waals surface area (Å²) in [6, 6.07) is 1.33. The van der Waals surface area contributed by atoms with Crippen molar-refractivity contribution in [3.05, 3.63) is 23.8 Å². The molecule has 1 amide bonds. The average Bonchev–Trinajstić information content (AvgIpc) is 3.19. The summed E-state index contributed by atoms with van der Waals surface area (Å²) < 4.78 is 30.0. The molecule has 1 aliphatic rings. The minimum absolute atomic E-state index is 0.0626. The largest absolute Gasteiger partial charge is 0.447 e. The van der Waals surface area contributed by atoms with Gasteiger partial charge in [-0.15, -0.1) is 5.10 Å². The van der Waals surface area contributed by atoms with Crippen LogP contribution in [-0.2, 0) is 19.4 Å². The quantitative estimate of drug-likeness (QED) is 0.649. The van der Waals surface area contributed by atoms with Crippen LogP contribution in [0.4, 0.5) is 0 Å². The minimum atomic E-state index is -3.13. The van der Waals surface area contributed by atoms with E-state index in [1.165, 1.54) is 16.3 Å². The minimum Gasteiger partial charge on any atom is -0.447 e. The Balaban J connectivity index is 1.71. The van der Waals surface area contributed by atoms with E-state index in [1.807, 2.05) is 0 Å². The highest BCUT2D eigenvalue weighted by Gasteiger charge is 2.36. The number of nitrogens with zero attached hydrogens (tertiary/aromatic N) is 5. The number of esters is 1. The zero-order valence-corrected chi connectivity index (χ0v) is 16.1. The highest BCUT2D eigenvalue weighted by molar-refractivity contribution is 7.91. The van der Waals surface area contributed by atoms with Gasteiger partial charge in [-0.3, -0.25) is 4.79 Å². The standard InChI is InChI=1S/C16H21N5O5S/c1-4-20(12-6-8-27(24,25)9-12)14(22)11(3)26-15(23)13-18-16-17-7-5-10(2)21(16)19-13/h5,7,11-12H,4,6,8-9H2,1-3H3. The van der Waals surface area contributed by atoms with Gasteiger partial charge in [0, 0.05) is 24.5 Å². The van der Waals surface area contributed by atoms with Crippen LogP contribution in [0.3, 0.4) is 0 Å². The molecule has 0 radical (unpaired) electrons. The van der Waals surface area contributed by atoms with Crippen molar-refractivity contribution in [1.82, 2.24) is 24.5 Å². The number of aromatic nitrogens is 4. The highest BCUT2D eigenvalue weighted by atomic mass is 32.2. The smallest absolute Gasteiger partial charge is 0.379 e. The second-order valence-electron chi connectivity index (χ2n) is 6.46. The van der Waals surface area contributed by atoms with Crippen LogP contribution < -0.4 is 0 Å². The van der Waals surface area contributed by atoms with Crippen molar-refractivity contribution in [2.75, 3.05) is 18.1 Å². The molecule has 11 heteroatoms. The summed E-state index contributed by atoms with van der Waals surface area (Å²) in [6.07, 6.45) is 0.859. The third-order valence-electron chi connectivity index (χ3n) is 4.52. The molecule has 0 aliphatic carbocycles. The van der Waals surface area contributed by atoms with Gasteiger partial charge in [0.25, 0.3) is 17.5 Å². The fraction of sp³-hybridized carbons (Fsp3) is 0.562. The normalized spacial score (nSPS) is 19.7. The monoisotopic (exact) mass is 395 g/mol. The molecule has 0 N–H and O–H groups in total. The summed E-state index contributed by atoms with van der Waals surface area (Å²) in [4.78, 5) is 34.5. The van der Waals surface area contributed by atoms with Gasteiger partial charge >= 0.3 is 5.97 Å². The molecular formula is C16H21N5O5S. The molecule has 1 aliphatic heterocycles. The van der Waals surface area contributed by atoms with Crippen LogP contribution in [0.1, 0.15) is 36.6 Å². The van der Waals surface area contributed by atoms with Gasteiger partial charge in [-0.1, -0.05) is 0 Å². The van der Waals surface area contributed by atoms with Crippen molar-refractivity contribution >= 4 is 27.5 Å². The van der Waals surface area contributed by atoms with Gasteiger partial charge in [0.1, 0.15) is 0 Å². The second-order valence-corrected chi connectivity index (χ2v) is 8.69. The van der Waals surface area contributed by atoms with Gasteiger partial charge in [-0.25, -0.2) is 22.7 Å². The molecule has 1 fully saturated rings. The van der Waals surface area contributed by atoms with Crippen molar-refractivity contribution in [3.8, 4) is 0 Å². The van der Waals surface area contributed by atoms with Crippen molar-refractivity contribution in [3.63, 3.8) is 0 Å². The predicted octanol–water partition coefficient (Wildman–Crippen LogP) is 0.0136. The lowest BCUT2D eigenvalue weighted by Crippen LogP contribution is -2.46. The van der Waals surface area contributed by atoms with Gasteiger partial charge in [0.2, 0.25) is 0 Å². The van der Waals surface area contributed by atoms with E-state index in [1.54, 1.807) is 26.1 Å². The number of rotatable bonds is 5. The zero-order chi connectivity index (χ0) is 19.8. The van der Waals surface area contributed by atoms with E-state index in [-0.39, 0.29) is 23.1 Å². The molecule has 2 aromatic rings. The van der Waals surface area contributed by atoms with Crippen LogP contribution in [-0.4, -0.2) is 75.0 Å². The number of ether oxygens (including phenoxy) is 1. The van der Waals surface area contributed by atoms with E-state index < -0.39 is 33.9 Å². The van der Waals surface area contributed by atoms with Gasteiger partial charge in [0.05, 0.1) is 11.5 Å². The first-order chi connectivity index (χ1) is 12.7. The topological polar surface area (TPSA) is 124 Å². The van der Waals surface area contributed by atoms with Crippen LogP contribution in [0, 0.1) is 6.92 Å². The van der Waals surface area contributed by atoms with E-state index in [9.17, 15) is 18.0 Å². The van der Waals surface area contributed by atoms with Gasteiger partial charge in [-0.05, 0) is 33.3 Å². The van der Waals surface area contributed by atoms with Gasteiger partial charge in [-0.2, -0.15) is 4.98 Å². The Hall–Kier alpha value is -2.56. The molecule has 2 unspecified atom stereocenters. The number of fused-ring (bicyclic) bond motifs is 1. The third-order valence-corrected chi connectivity index (χ3v) is 6.27. The number of carbonyl (C=O) groups is 2. The van der Waals surface area contributed by atoms with Crippen molar-refractivity contribution in [1.29, 1.82) is 0 Å². The predicted molar refractivity (Wildman–Crippen MR) is 94.8 cm³/mol. The first-order valence-corrected chi connectivity index (χ1v) is 10.4. The van der Waals surface area contributed by atoms with Gasteiger partial charge < -0.3 is 9.64 Å². The van der Waals surface area contributed by atoms with E-state index in [4.69, 9.17) is 4.74 Å². The molecule has 0 bridgehead atoms. The molecule has 146 valence electrons. The number of hydrogen-bond acceptors (Lipinski definition) is 8. The maximum Gasteiger partial charge on any atom is 0.379 e. The van der Waals surface area contributed by atoms with Crippen molar-refractivity contribution in [2.24, 2.45) is 0 Å². The molecular weight excluding hydrogens is 374 g/mol. The maximum atomic E-state index is 12.7. The molecule has 2 aromatic heterocycles. The van der Waals surface area contributed by atoms with Crippen LogP contribution in [0.5, 0.6) is 0 Å². The van der Waals surface area contributed by atoms with Crippen LogP contribution in [0.15, 0.2) is 12.3 Å². The van der Waals surface area contributed by atoms with Gasteiger partial charge in [0.15, 0.2) is 15.9 Å². The lowest BCUT2D eigenvalue weighted by molar-refractivity contribution is -0.141. The Morgan fingerprint density at radius 1 is 1.44 bits per heavy atom. The Bertz CT molecular complexity index is 986. The maximum absolute atomic E-state index is 12.7. The molecule has 3 rings (SSSR count). The summed E-state index contributed by atoms with van der Waals surface area (Å²) in [5.74, 6) is -1.21. The lowest BCUT2D eigenvalue weighted by atomic mass is 10.2. The van der Waals surface area contributed by atoms with Crippen LogP contribution in [0.2, 0.25) is 0 Å². The highest BCUT2D eigenvalue weighted by Crippen LogP contribution is 2.19. The lowest BCUT2D eigenvalue weighted by Gasteiger charge is -2.29. The summed E-state index contributed by atoms with van der Waals surface area (Å²) in [6.45, 7) is 5.33. The molecule has 3 heterocycles. The fourth-order valence-electron chi connectivity index (χ4n) is 3.11. The summed E-state index contributed by atoms with van der Waals surface area (Å²) in [5, 5.41) is 4.05. The Morgan fingerprint density at radius 2 is 2.19 bits per heavy atom. The Morgan fingerprint density at radius 3 is 2.78 bits per heavy atom. The molecule has 2 atom stereocenters. The molecule has 0 saturated carbocycles. The van der Waals surface area contributed by atoms with Crippen molar-refractivity contribution in [2.45, 2.75) is 39.3 Å². The van der Waals surface area contributed by atoms with Crippen LogP contribution in [0.25, 0.3) is 5.78 Å². The number of amides is 1. The summed E-state index contributed by atoms with van der Waals surface area (Å²) in [7, 11) is -3.13. The third kappa shape index (κ3) is 3.92. The average molecular weight is 395 g/mol. The van der Waals surface area contributed by atoms with Crippen molar-refractivity contribution < 1.29 is 22.7 Å². The van der Waals surface area contributed by atoms with E-state index in [0.717, 1.165) is 5.69 Å². The van der Waals surface area contributed by atoms with E-state index in [0.29, 0.717) is 13.0 Å². The first kappa shape index (κ1) is 19.2. The number of likely N-dealkylation sites (N-methyl/N-ethyl adjacent to an activating group) is 1. The molecule has 27 heavy (non-hydrogen) atoms. The first-order valence-electron chi connectivity index (χ1n) is 8.62. The molecule has 10 nitrogen and oxygen atoms in total. The molecule has 1 saturated heterocycles. The van der Waals surface area contributed by atoms with E-state index >= 15 is 0 Å². The summed E-state index contributed by atoms with van der Waals surface area (Å²) >= 11 is 0. The Kier molecular flexibility index (Phi) is 5.13. The number of aryl methyl sites for hydroxylation is 1. The SMILES string of the molecule is CCN(C(=O)C(C)OC(=O)c1nc2nccc(C)n2n1)C1CCS(=O)(=O)C1. The zero-order valence-electron chi connectivity index (χ0n) is 15.3. The number of sulfone groups is 1. The number of hydrogen-bond donors (Lipinski definition) is 0. The van der Waals surface area contributed by atoms with Crippen LogP contribution >= 0.6 is 0 Å². The molecule has 0 aromatic carbocycles. The second kappa shape index (κ2) is 7.22. The number of carbonyl (C=O) groups excluding carboxylic acids is 2. The fourth-order valence-corrected chi connectivity index (χ4v) is 4.84.